The number of hydrogen-bond donors (Lipinski definition) is 3. The average molecular weight is 585 g/mol. The summed E-state index contributed by atoms with van der Waals surface area (Å²) in [5.74, 6) is 0.426. The van der Waals surface area contributed by atoms with Gasteiger partial charge < -0.3 is 20.5 Å². The van der Waals surface area contributed by atoms with Gasteiger partial charge in [0.1, 0.15) is 5.60 Å². The summed E-state index contributed by atoms with van der Waals surface area (Å²) in [4.78, 5) is 30.0. The molecular formula is C31H35Cl2N3O4. The molecule has 2 aliphatic rings. The molecule has 3 aromatic rings. The molecule has 0 bridgehead atoms. The van der Waals surface area contributed by atoms with E-state index in [0.717, 1.165) is 66.2 Å². The van der Waals surface area contributed by atoms with Crippen LogP contribution in [0.2, 0.25) is 10.0 Å². The Balaban J connectivity index is 1.37. The third kappa shape index (κ3) is 6.64. The minimum Gasteiger partial charge on any atom is -0.505 e. The first-order valence-corrected chi connectivity index (χ1v) is 14.6. The molecule has 1 amide bonds. The van der Waals surface area contributed by atoms with E-state index in [-0.39, 0.29) is 39.6 Å². The molecule has 2 saturated carbocycles. The lowest BCUT2D eigenvalue weighted by molar-refractivity contribution is 0.0515. The van der Waals surface area contributed by atoms with Crippen molar-refractivity contribution in [3.8, 4) is 16.9 Å². The normalized spacial score (nSPS) is 19.3. The molecule has 7 nitrogen and oxygen atoms in total. The number of nitrogens with zero attached hydrogens (tertiary/aromatic N) is 1. The molecule has 40 heavy (non-hydrogen) atoms. The SMILES string of the molecule is CC(C)(C)OC(=O)NC[C@H]1CC[C@H](Nc2c(C(=O)C3CC3)cnc3ccc(-c4cc(Cl)c(O)c(Cl)c4)cc23)CC1. The summed E-state index contributed by atoms with van der Waals surface area (Å²) in [5.41, 5.74) is 3.32. The van der Waals surface area contributed by atoms with Crippen molar-refractivity contribution in [2.45, 2.75) is 70.9 Å². The molecule has 0 unspecified atom stereocenters. The quantitative estimate of drug-likeness (QED) is 0.243. The van der Waals surface area contributed by atoms with Gasteiger partial charge in [0.05, 0.1) is 26.8 Å². The summed E-state index contributed by atoms with van der Waals surface area (Å²) in [6, 6.07) is 9.41. The van der Waals surface area contributed by atoms with Gasteiger partial charge in [-0.25, -0.2) is 4.79 Å². The summed E-state index contributed by atoms with van der Waals surface area (Å²) in [6.45, 7) is 6.15. The largest absolute Gasteiger partial charge is 0.505 e. The number of nitrogens with one attached hydrogen (secondary N) is 2. The Morgan fingerprint density at radius 2 is 1.68 bits per heavy atom. The number of carbonyl (C=O) groups is 2. The highest BCUT2D eigenvalue weighted by Crippen LogP contribution is 2.40. The van der Waals surface area contributed by atoms with Gasteiger partial charge in [0.2, 0.25) is 0 Å². The zero-order valence-corrected chi connectivity index (χ0v) is 24.5. The van der Waals surface area contributed by atoms with E-state index < -0.39 is 5.60 Å². The number of ether oxygens (including phenoxy) is 1. The average Bonchev–Trinajstić information content (AvgIpc) is 3.75. The molecular weight excluding hydrogens is 549 g/mol. The number of phenolic OH excluding ortho intramolecular Hbond substituents is 1. The molecule has 0 atom stereocenters. The number of aromatic nitrogens is 1. The predicted molar refractivity (Wildman–Crippen MR) is 160 cm³/mol. The summed E-state index contributed by atoms with van der Waals surface area (Å²) >= 11 is 12.4. The van der Waals surface area contributed by atoms with Crippen molar-refractivity contribution in [2.75, 3.05) is 11.9 Å². The van der Waals surface area contributed by atoms with Crippen molar-refractivity contribution >= 4 is 51.7 Å². The van der Waals surface area contributed by atoms with Gasteiger partial charge in [-0.2, -0.15) is 0 Å². The van der Waals surface area contributed by atoms with Crippen LogP contribution in [-0.2, 0) is 4.74 Å². The second kappa shape index (κ2) is 11.5. The molecule has 2 aliphatic carbocycles. The van der Waals surface area contributed by atoms with Crippen LogP contribution in [0.25, 0.3) is 22.0 Å². The highest BCUT2D eigenvalue weighted by atomic mass is 35.5. The lowest BCUT2D eigenvalue weighted by atomic mass is 9.85. The fraction of sp³-hybridized carbons (Fsp3) is 0.452. The maximum atomic E-state index is 13.3. The molecule has 2 fully saturated rings. The summed E-state index contributed by atoms with van der Waals surface area (Å²) < 4.78 is 5.36. The van der Waals surface area contributed by atoms with Crippen LogP contribution in [0.4, 0.5) is 10.5 Å². The molecule has 0 spiro atoms. The van der Waals surface area contributed by atoms with E-state index in [4.69, 9.17) is 27.9 Å². The molecule has 9 heteroatoms. The Bertz CT molecular complexity index is 1420. The zero-order valence-electron chi connectivity index (χ0n) is 23.0. The van der Waals surface area contributed by atoms with Crippen LogP contribution < -0.4 is 10.6 Å². The van der Waals surface area contributed by atoms with Gasteiger partial charge in [0.15, 0.2) is 11.5 Å². The first kappa shape index (κ1) is 28.5. The van der Waals surface area contributed by atoms with Crippen LogP contribution in [0.1, 0.15) is 69.7 Å². The van der Waals surface area contributed by atoms with E-state index in [1.54, 1.807) is 18.3 Å². The first-order valence-electron chi connectivity index (χ1n) is 13.9. The van der Waals surface area contributed by atoms with Crippen molar-refractivity contribution in [3.63, 3.8) is 0 Å². The molecule has 1 aromatic heterocycles. The predicted octanol–water partition coefficient (Wildman–Crippen LogP) is 8.00. The number of anilines is 1. The van der Waals surface area contributed by atoms with E-state index in [1.165, 1.54) is 0 Å². The van der Waals surface area contributed by atoms with E-state index in [2.05, 4.69) is 15.6 Å². The molecule has 0 aliphatic heterocycles. The van der Waals surface area contributed by atoms with E-state index in [1.807, 2.05) is 39.0 Å². The lowest BCUT2D eigenvalue weighted by Gasteiger charge is -2.31. The lowest BCUT2D eigenvalue weighted by Crippen LogP contribution is -2.37. The number of halogens is 2. The Kier molecular flexibility index (Phi) is 8.16. The number of alkyl carbamates (subject to hydrolysis) is 1. The molecule has 212 valence electrons. The third-order valence-corrected chi connectivity index (χ3v) is 8.14. The Morgan fingerprint density at radius 1 is 1.00 bits per heavy atom. The number of fused-ring (bicyclic) bond motifs is 1. The smallest absolute Gasteiger partial charge is 0.407 e. The first-order chi connectivity index (χ1) is 19.0. The standard InChI is InChI=1S/C31H35Cl2N3O4/c1-31(2,3)40-30(39)35-15-17-4-9-21(10-5-17)36-27-22-12-19(20-13-24(32)29(38)25(33)14-20)8-11-26(22)34-16-23(27)28(37)18-6-7-18/h8,11-14,16-18,21,38H,4-7,9-10,15H2,1-3H3,(H,34,36)(H,35,39)/t17-,21-. The number of pyridine rings is 1. The van der Waals surface area contributed by atoms with Crippen molar-refractivity contribution in [2.24, 2.45) is 11.8 Å². The molecule has 2 aromatic carbocycles. The van der Waals surface area contributed by atoms with Gasteiger partial charge in [0, 0.05) is 30.1 Å². The second-order valence-corrected chi connectivity index (χ2v) is 12.8. The number of benzene rings is 2. The van der Waals surface area contributed by atoms with Crippen molar-refractivity contribution < 1.29 is 19.4 Å². The van der Waals surface area contributed by atoms with E-state index in [9.17, 15) is 14.7 Å². The Morgan fingerprint density at radius 3 is 2.30 bits per heavy atom. The minimum atomic E-state index is -0.519. The topological polar surface area (TPSA) is 101 Å². The van der Waals surface area contributed by atoms with Crippen LogP contribution in [0.3, 0.4) is 0 Å². The monoisotopic (exact) mass is 583 g/mol. The summed E-state index contributed by atoms with van der Waals surface area (Å²) in [7, 11) is 0. The summed E-state index contributed by atoms with van der Waals surface area (Å²) in [6.07, 6.45) is 6.90. The molecule has 5 rings (SSSR count). The number of rotatable bonds is 7. The second-order valence-electron chi connectivity index (χ2n) is 12.0. The van der Waals surface area contributed by atoms with Crippen LogP contribution in [0.15, 0.2) is 36.5 Å². The third-order valence-electron chi connectivity index (χ3n) is 7.56. The van der Waals surface area contributed by atoms with Crippen molar-refractivity contribution in [1.29, 1.82) is 0 Å². The van der Waals surface area contributed by atoms with E-state index >= 15 is 0 Å². The fourth-order valence-electron chi connectivity index (χ4n) is 5.27. The highest BCUT2D eigenvalue weighted by Gasteiger charge is 2.33. The van der Waals surface area contributed by atoms with Crippen LogP contribution in [-0.4, -0.2) is 40.2 Å². The number of amides is 1. The van der Waals surface area contributed by atoms with Gasteiger partial charge in [-0.05, 0) is 101 Å². The van der Waals surface area contributed by atoms with Gasteiger partial charge in [0.25, 0.3) is 0 Å². The molecule has 0 saturated heterocycles. The number of ketones is 1. The maximum Gasteiger partial charge on any atom is 0.407 e. The van der Waals surface area contributed by atoms with Gasteiger partial charge >= 0.3 is 6.09 Å². The van der Waals surface area contributed by atoms with Crippen molar-refractivity contribution in [1.82, 2.24) is 10.3 Å². The Labute approximate surface area is 244 Å². The molecule has 3 N–H and O–H groups in total. The molecule has 1 heterocycles. The highest BCUT2D eigenvalue weighted by molar-refractivity contribution is 6.37. The van der Waals surface area contributed by atoms with Crippen molar-refractivity contribution in [3.05, 3.63) is 52.1 Å². The zero-order chi connectivity index (χ0) is 28.6. The van der Waals surface area contributed by atoms with Crippen LogP contribution >= 0.6 is 23.2 Å². The Hall–Kier alpha value is -3.03. The minimum absolute atomic E-state index is 0.0624. The van der Waals surface area contributed by atoms with Crippen LogP contribution in [0.5, 0.6) is 5.75 Å². The number of phenols is 1. The van der Waals surface area contributed by atoms with Gasteiger partial charge in [-0.1, -0.05) is 29.3 Å². The number of Topliss-reactive ketones (excluding diaryl/α,β-unsaturated/α-hetero) is 1. The van der Waals surface area contributed by atoms with Gasteiger partial charge in [-0.3, -0.25) is 9.78 Å². The molecule has 0 radical (unpaired) electrons. The number of hydrogen-bond acceptors (Lipinski definition) is 6. The van der Waals surface area contributed by atoms with Gasteiger partial charge in [-0.15, -0.1) is 0 Å². The fourth-order valence-corrected chi connectivity index (χ4v) is 5.76. The maximum absolute atomic E-state index is 13.3. The number of aromatic hydroxyl groups is 1. The van der Waals surface area contributed by atoms with Crippen LogP contribution in [0, 0.1) is 11.8 Å². The van der Waals surface area contributed by atoms with E-state index in [0.29, 0.717) is 18.0 Å². The summed E-state index contributed by atoms with van der Waals surface area (Å²) in [5, 5.41) is 17.8. The number of carbonyl (C=O) groups excluding carboxylic acids is 2.